The first kappa shape index (κ1) is 15.3. The average molecular weight is 291 g/mol. The Bertz CT molecular complexity index is 581. The summed E-state index contributed by atoms with van der Waals surface area (Å²) >= 11 is 1.87. The van der Waals surface area contributed by atoms with Crippen LogP contribution in [0.15, 0.2) is 12.3 Å². The molecule has 0 aliphatic rings. The molecule has 110 valence electrons. The number of aromatic nitrogens is 2. The summed E-state index contributed by atoms with van der Waals surface area (Å²) in [5.41, 5.74) is 3.92. The molecule has 0 fully saturated rings. The number of rotatable bonds is 5. The summed E-state index contributed by atoms with van der Waals surface area (Å²) in [5.74, 6) is 0.466. The largest absolute Gasteiger partial charge is 0.306 e. The smallest absolute Gasteiger partial charge is 0.0694 e. The molecule has 0 aromatic carbocycles. The van der Waals surface area contributed by atoms with E-state index in [2.05, 4.69) is 57.3 Å². The predicted molar refractivity (Wildman–Crippen MR) is 86.3 cm³/mol. The molecule has 1 atom stereocenters. The highest BCUT2D eigenvalue weighted by Crippen LogP contribution is 2.26. The molecule has 0 aliphatic heterocycles. The van der Waals surface area contributed by atoms with E-state index in [0.29, 0.717) is 12.0 Å². The van der Waals surface area contributed by atoms with Gasteiger partial charge < -0.3 is 5.32 Å². The summed E-state index contributed by atoms with van der Waals surface area (Å²) in [7, 11) is 1.99. The van der Waals surface area contributed by atoms with Gasteiger partial charge in [0.1, 0.15) is 0 Å². The summed E-state index contributed by atoms with van der Waals surface area (Å²) in [4.78, 5) is 2.80. The summed E-state index contributed by atoms with van der Waals surface area (Å²) in [6.07, 6.45) is 2.13. The Balaban J connectivity index is 2.07. The van der Waals surface area contributed by atoms with Gasteiger partial charge in [0.2, 0.25) is 0 Å². The van der Waals surface area contributed by atoms with Crippen molar-refractivity contribution in [1.82, 2.24) is 15.1 Å². The van der Waals surface area contributed by atoms with Gasteiger partial charge in [0, 0.05) is 41.1 Å². The molecule has 0 aliphatic carbocycles. The standard InChI is InChI=1S/C16H25N3S/c1-10(2)16-14(9-19(6)18-16)8-17-12(4)15-7-11(3)20-13(15)5/h7,9-10,12,17H,8H2,1-6H3. The number of hydrogen-bond donors (Lipinski definition) is 1. The van der Waals surface area contributed by atoms with Gasteiger partial charge in [-0.3, -0.25) is 4.68 Å². The van der Waals surface area contributed by atoms with Crippen LogP contribution in [0.25, 0.3) is 0 Å². The van der Waals surface area contributed by atoms with E-state index in [-0.39, 0.29) is 0 Å². The second-order valence-corrected chi connectivity index (χ2v) is 7.30. The third kappa shape index (κ3) is 3.30. The zero-order chi connectivity index (χ0) is 14.9. The van der Waals surface area contributed by atoms with Crippen LogP contribution in [0.5, 0.6) is 0 Å². The van der Waals surface area contributed by atoms with Crippen LogP contribution in [0.4, 0.5) is 0 Å². The first-order valence-electron chi connectivity index (χ1n) is 7.21. The summed E-state index contributed by atoms with van der Waals surface area (Å²) in [6, 6.07) is 2.67. The number of nitrogens with one attached hydrogen (secondary N) is 1. The first-order chi connectivity index (χ1) is 9.38. The molecule has 0 saturated carbocycles. The van der Waals surface area contributed by atoms with E-state index in [1.54, 1.807) is 0 Å². The minimum absolute atomic E-state index is 0.375. The van der Waals surface area contributed by atoms with Crippen LogP contribution in [0.1, 0.15) is 59.3 Å². The topological polar surface area (TPSA) is 29.9 Å². The molecule has 0 amide bonds. The minimum Gasteiger partial charge on any atom is -0.306 e. The first-order valence-corrected chi connectivity index (χ1v) is 8.02. The van der Waals surface area contributed by atoms with Gasteiger partial charge in [-0.2, -0.15) is 5.10 Å². The molecule has 0 bridgehead atoms. The zero-order valence-electron chi connectivity index (χ0n) is 13.3. The molecule has 1 unspecified atom stereocenters. The minimum atomic E-state index is 0.375. The molecule has 2 aromatic rings. The van der Waals surface area contributed by atoms with Crippen molar-refractivity contribution in [2.24, 2.45) is 7.05 Å². The van der Waals surface area contributed by atoms with Crippen molar-refractivity contribution in [1.29, 1.82) is 0 Å². The van der Waals surface area contributed by atoms with Gasteiger partial charge >= 0.3 is 0 Å². The Hall–Kier alpha value is -1.13. The van der Waals surface area contributed by atoms with Crippen molar-refractivity contribution in [2.75, 3.05) is 0 Å². The Labute approximate surface area is 126 Å². The van der Waals surface area contributed by atoms with Crippen LogP contribution in [0.3, 0.4) is 0 Å². The van der Waals surface area contributed by atoms with Gasteiger partial charge in [0.15, 0.2) is 0 Å². The van der Waals surface area contributed by atoms with Gasteiger partial charge in [-0.15, -0.1) is 11.3 Å². The Morgan fingerprint density at radius 1 is 1.30 bits per heavy atom. The Kier molecular flexibility index (Phi) is 4.66. The van der Waals surface area contributed by atoms with E-state index in [4.69, 9.17) is 0 Å². The van der Waals surface area contributed by atoms with E-state index >= 15 is 0 Å². The molecule has 0 saturated heterocycles. The summed E-state index contributed by atoms with van der Waals surface area (Å²) in [6.45, 7) is 11.9. The fraction of sp³-hybridized carbons (Fsp3) is 0.562. The van der Waals surface area contributed by atoms with E-state index in [1.807, 2.05) is 23.1 Å². The molecular weight excluding hydrogens is 266 g/mol. The van der Waals surface area contributed by atoms with E-state index in [9.17, 15) is 0 Å². The molecule has 2 heterocycles. The summed E-state index contributed by atoms with van der Waals surface area (Å²) in [5, 5.41) is 8.19. The van der Waals surface area contributed by atoms with Crippen molar-refractivity contribution in [3.63, 3.8) is 0 Å². The molecular formula is C16H25N3S. The SMILES string of the molecule is Cc1cc(C(C)NCc2cn(C)nc2C(C)C)c(C)s1. The Morgan fingerprint density at radius 2 is 2.00 bits per heavy atom. The highest BCUT2D eigenvalue weighted by Gasteiger charge is 2.14. The zero-order valence-corrected chi connectivity index (χ0v) is 14.1. The van der Waals surface area contributed by atoms with Gasteiger partial charge in [-0.25, -0.2) is 0 Å². The molecule has 20 heavy (non-hydrogen) atoms. The van der Waals surface area contributed by atoms with Gasteiger partial charge in [-0.05, 0) is 38.3 Å². The molecule has 3 nitrogen and oxygen atoms in total. The highest BCUT2D eigenvalue weighted by molar-refractivity contribution is 7.12. The van der Waals surface area contributed by atoms with Gasteiger partial charge in [0.25, 0.3) is 0 Å². The number of nitrogens with zero attached hydrogens (tertiary/aromatic N) is 2. The molecule has 1 N–H and O–H groups in total. The number of thiophene rings is 1. The second-order valence-electron chi connectivity index (χ2n) is 5.84. The van der Waals surface area contributed by atoms with Crippen molar-refractivity contribution >= 4 is 11.3 Å². The average Bonchev–Trinajstić information content (AvgIpc) is 2.89. The number of hydrogen-bond acceptors (Lipinski definition) is 3. The predicted octanol–water partition coefficient (Wildman–Crippen LogP) is 4.07. The fourth-order valence-electron chi connectivity index (χ4n) is 2.63. The Morgan fingerprint density at radius 3 is 2.55 bits per heavy atom. The fourth-order valence-corrected chi connectivity index (χ4v) is 3.65. The van der Waals surface area contributed by atoms with Crippen LogP contribution >= 0.6 is 11.3 Å². The van der Waals surface area contributed by atoms with Gasteiger partial charge in [0.05, 0.1) is 5.69 Å². The molecule has 2 aromatic heterocycles. The lowest BCUT2D eigenvalue weighted by Crippen LogP contribution is -2.18. The van der Waals surface area contributed by atoms with E-state index in [1.165, 1.54) is 26.6 Å². The highest BCUT2D eigenvalue weighted by atomic mass is 32.1. The van der Waals surface area contributed by atoms with Crippen LogP contribution in [0, 0.1) is 13.8 Å². The normalized spacial score (nSPS) is 13.2. The maximum absolute atomic E-state index is 4.56. The van der Waals surface area contributed by atoms with Crippen molar-refractivity contribution in [3.8, 4) is 0 Å². The third-order valence-electron chi connectivity index (χ3n) is 3.63. The van der Waals surface area contributed by atoms with E-state index < -0.39 is 0 Å². The number of aryl methyl sites for hydroxylation is 3. The van der Waals surface area contributed by atoms with Crippen LogP contribution in [-0.2, 0) is 13.6 Å². The van der Waals surface area contributed by atoms with Crippen molar-refractivity contribution in [3.05, 3.63) is 38.8 Å². The van der Waals surface area contributed by atoms with Crippen LogP contribution in [-0.4, -0.2) is 9.78 Å². The molecule has 2 rings (SSSR count). The lowest BCUT2D eigenvalue weighted by atomic mass is 10.1. The van der Waals surface area contributed by atoms with Crippen LogP contribution < -0.4 is 5.32 Å². The molecule has 0 radical (unpaired) electrons. The lowest BCUT2D eigenvalue weighted by molar-refractivity contribution is 0.570. The van der Waals surface area contributed by atoms with E-state index in [0.717, 1.165) is 6.54 Å². The van der Waals surface area contributed by atoms with Crippen molar-refractivity contribution < 1.29 is 0 Å². The lowest BCUT2D eigenvalue weighted by Gasteiger charge is -2.14. The molecule has 0 spiro atoms. The second kappa shape index (κ2) is 6.10. The van der Waals surface area contributed by atoms with Crippen LogP contribution in [0.2, 0.25) is 0 Å². The van der Waals surface area contributed by atoms with Gasteiger partial charge in [-0.1, -0.05) is 13.8 Å². The maximum Gasteiger partial charge on any atom is 0.0694 e. The summed E-state index contributed by atoms with van der Waals surface area (Å²) < 4.78 is 1.91. The maximum atomic E-state index is 4.56. The molecule has 4 heteroatoms. The quantitative estimate of drug-likeness (QED) is 0.900. The monoisotopic (exact) mass is 291 g/mol. The van der Waals surface area contributed by atoms with Crippen molar-refractivity contribution in [2.45, 2.75) is 53.1 Å². The third-order valence-corrected chi connectivity index (χ3v) is 4.61.